The molecule has 0 spiro atoms. The van der Waals surface area contributed by atoms with Crippen molar-refractivity contribution in [3.05, 3.63) is 57.6 Å². The minimum Gasteiger partial charge on any atom is -0.493 e. The molecule has 0 bridgehead atoms. The van der Waals surface area contributed by atoms with Crippen molar-refractivity contribution in [1.29, 1.82) is 0 Å². The smallest absolute Gasteiger partial charge is 0.203 e. The lowest BCUT2D eigenvalue weighted by Crippen LogP contribution is -1.96. The molecule has 0 aliphatic carbocycles. The fraction of sp³-hybridized carbons (Fsp3) is 0.167. The van der Waals surface area contributed by atoms with Crippen LogP contribution in [0.3, 0.4) is 0 Å². The first kappa shape index (κ1) is 18.2. The monoisotopic (exact) mass is 366 g/mol. The number of allylic oxidation sites excluding steroid dienone is 1. The highest BCUT2D eigenvalue weighted by Crippen LogP contribution is 2.38. The molecule has 0 radical (unpaired) electrons. The van der Waals surface area contributed by atoms with Gasteiger partial charge in [-0.1, -0.05) is 29.3 Å². The first-order chi connectivity index (χ1) is 11.5. The predicted octanol–water partition coefficient (Wildman–Crippen LogP) is 4.92. The molecular formula is C18H16Cl2O4. The van der Waals surface area contributed by atoms with E-state index in [1.807, 2.05) is 0 Å². The molecule has 2 rings (SSSR count). The second-order valence-corrected chi connectivity index (χ2v) is 5.60. The average Bonchev–Trinajstić information content (AvgIpc) is 2.60. The lowest BCUT2D eigenvalue weighted by atomic mass is 10.1. The van der Waals surface area contributed by atoms with Gasteiger partial charge in [0.2, 0.25) is 5.75 Å². The molecule has 6 heteroatoms. The van der Waals surface area contributed by atoms with Crippen molar-refractivity contribution < 1.29 is 19.0 Å². The van der Waals surface area contributed by atoms with Gasteiger partial charge in [0.25, 0.3) is 0 Å². The number of rotatable bonds is 6. The number of halogens is 2. The number of ketones is 1. The van der Waals surface area contributed by atoms with Crippen LogP contribution in [0.2, 0.25) is 10.0 Å². The summed E-state index contributed by atoms with van der Waals surface area (Å²) in [6, 6.07) is 8.24. The zero-order valence-corrected chi connectivity index (χ0v) is 14.9. The molecule has 0 saturated carbocycles. The summed E-state index contributed by atoms with van der Waals surface area (Å²) in [7, 11) is 4.60. The number of hydrogen-bond donors (Lipinski definition) is 0. The zero-order valence-electron chi connectivity index (χ0n) is 13.4. The van der Waals surface area contributed by atoms with Crippen LogP contribution in [0.5, 0.6) is 17.2 Å². The average molecular weight is 367 g/mol. The molecule has 0 unspecified atom stereocenters. The van der Waals surface area contributed by atoms with Gasteiger partial charge in [0.15, 0.2) is 17.3 Å². The second-order valence-electron chi connectivity index (χ2n) is 4.79. The van der Waals surface area contributed by atoms with Gasteiger partial charge >= 0.3 is 0 Å². The highest BCUT2D eigenvalue weighted by Gasteiger charge is 2.12. The third-order valence-electron chi connectivity index (χ3n) is 3.32. The Balaban J connectivity index is 2.30. The number of benzene rings is 2. The Labute approximate surface area is 150 Å². The molecule has 24 heavy (non-hydrogen) atoms. The van der Waals surface area contributed by atoms with Gasteiger partial charge in [-0.15, -0.1) is 0 Å². The molecule has 0 aliphatic rings. The molecule has 0 N–H and O–H groups in total. The molecular weight excluding hydrogens is 351 g/mol. The molecule has 0 aliphatic heterocycles. The Morgan fingerprint density at radius 2 is 1.54 bits per heavy atom. The van der Waals surface area contributed by atoms with Crippen LogP contribution in [0.4, 0.5) is 0 Å². The van der Waals surface area contributed by atoms with Crippen LogP contribution >= 0.6 is 23.2 Å². The van der Waals surface area contributed by atoms with Crippen LogP contribution in [0, 0.1) is 0 Å². The molecule has 0 heterocycles. The second kappa shape index (κ2) is 8.08. The fourth-order valence-corrected chi connectivity index (χ4v) is 2.41. The van der Waals surface area contributed by atoms with Crippen molar-refractivity contribution in [3.63, 3.8) is 0 Å². The van der Waals surface area contributed by atoms with Gasteiger partial charge in [-0.2, -0.15) is 0 Å². The van der Waals surface area contributed by atoms with Gasteiger partial charge in [0, 0.05) is 5.56 Å². The SMILES string of the molecule is COc1cc(/C=C/C(=O)c2ccc(Cl)c(Cl)c2)cc(OC)c1OC. The molecule has 126 valence electrons. The maximum absolute atomic E-state index is 12.2. The van der Waals surface area contributed by atoms with Crippen molar-refractivity contribution in [1.82, 2.24) is 0 Å². The van der Waals surface area contributed by atoms with E-state index < -0.39 is 0 Å². The Bertz CT molecular complexity index is 760. The van der Waals surface area contributed by atoms with Gasteiger partial charge in [-0.05, 0) is 42.0 Å². The molecule has 2 aromatic carbocycles. The number of carbonyl (C=O) groups is 1. The summed E-state index contributed by atoms with van der Waals surface area (Å²) < 4.78 is 15.8. The van der Waals surface area contributed by atoms with Gasteiger partial charge in [0.1, 0.15) is 0 Å². The van der Waals surface area contributed by atoms with Crippen molar-refractivity contribution in [3.8, 4) is 17.2 Å². The van der Waals surface area contributed by atoms with Crippen molar-refractivity contribution in [2.24, 2.45) is 0 Å². The lowest BCUT2D eigenvalue weighted by molar-refractivity contribution is 0.104. The predicted molar refractivity (Wildman–Crippen MR) is 95.9 cm³/mol. The number of carbonyl (C=O) groups excluding carboxylic acids is 1. The molecule has 0 amide bonds. The largest absolute Gasteiger partial charge is 0.493 e. The van der Waals surface area contributed by atoms with E-state index in [2.05, 4.69) is 0 Å². The fourth-order valence-electron chi connectivity index (χ4n) is 2.12. The highest BCUT2D eigenvalue weighted by atomic mass is 35.5. The highest BCUT2D eigenvalue weighted by molar-refractivity contribution is 6.42. The first-order valence-corrected chi connectivity index (χ1v) is 7.73. The topological polar surface area (TPSA) is 44.8 Å². The maximum Gasteiger partial charge on any atom is 0.203 e. The summed E-state index contributed by atoms with van der Waals surface area (Å²) in [5.41, 5.74) is 1.19. The Hall–Kier alpha value is -2.17. The van der Waals surface area contributed by atoms with Crippen molar-refractivity contribution in [2.75, 3.05) is 21.3 Å². The normalized spacial score (nSPS) is 10.7. The van der Waals surface area contributed by atoms with E-state index in [1.165, 1.54) is 33.5 Å². The van der Waals surface area contributed by atoms with Gasteiger partial charge < -0.3 is 14.2 Å². The van der Waals surface area contributed by atoms with Gasteiger partial charge in [0.05, 0.1) is 31.4 Å². The minimum absolute atomic E-state index is 0.192. The van der Waals surface area contributed by atoms with E-state index >= 15 is 0 Å². The van der Waals surface area contributed by atoms with Crippen LogP contribution in [0.1, 0.15) is 15.9 Å². The van der Waals surface area contributed by atoms with E-state index in [0.29, 0.717) is 32.9 Å². The van der Waals surface area contributed by atoms with Crippen LogP contribution in [-0.4, -0.2) is 27.1 Å². The summed E-state index contributed by atoms with van der Waals surface area (Å²) in [5.74, 6) is 1.33. The van der Waals surface area contributed by atoms with Crippen LogP contribution < -0.4 is 14.2 Å². The maximum atomic E-state index is 12.2. The van der Waals surface area contributed by atoms with E-state index in [0.717, 1.165) is 5.56 Å². The molecule has 0 atom stereocenters. The van der Waals surface area contributed by atoms with Crippen LogP contribution in [0.25, 0.3) is 6.08 Å². The lowest BCUT2D eigenvalue weighted by Gasteiger charge is -2.12. The zero-order chi connectivity index (χ0) is 17.7. The summed E-state index contributed by atoms with van der Waals surface area (Å²) in [6.07, 6.45) is 3.11. The Morgan fingerprint density at radius 1 is 0.917 bits per heavy atom. The number of methoxy groups -OCH3 is 3. The van der Waals surface area contributed by atoms with E-state index in [-0.39, 0.29) is 5.78 Å². The van der Waals surface area contributed by atoms with E-state index in [9.17, 15) is 4.79 Å². The quantitative estimate of drug-likeness (QED) is 0.537. The number of ether oxygens (including phenoxy) is 3. The van der Waals surface area contributed by atoms with E-state index in [1.54, 1.807) is 30.3 Å². The van der Waals surface area contributed by atoms with Crippen LogP contribution in [-0.2, 0) is 0 Å². The molecule has 2 aromatic rings. The van der Waals surface area contributed by atoms with Gasteiger partial charge in [-0.3, -0.25) is 4.79 Å². The molecule has 0 fully saturated rings. The summed E-state index contributed by atoms with van der Waals surface area (Å²) in [6.45, 7) is 0. The Kier molecular flexibility index (Phi) is 6.12. The molecule has 4 nitrogen and oxygen atoms in total. The minimum atomic E-state index is -0.192. The first-order valence-electron chi connectivity index (χ1n) is 6.97. The summed E-state index contributed by atoms with van der Waals surface area (Å²) >= 11 is 11.8. The molecule has 0 saturated heterocycles. The summed E-state index contributed by atoms with van der Waals surface area (Å²) in [5, 5.41) is 0.741. The summed E-state index contributed by atoms with van der Waals surface area (Å²) in [4.78, 5) is 12.2. The molecule has 0 aromatic heterocycles. The van der Waals surface area contributed by atoms with Crippen LogP contribution in [0.15, 0.2) is 36.4 Å². The Morgan fingerprint density at radius 3 is 2.04 bits per heavy atom. The third-order valence-corrected chi connectivity index (χ3v) is 4.06. The number of hydrogen-bond acceptors (Lipinski definition) is 4. The standard InChI is InChI=1S/C18H16Cl2O4/c1-22-16-8-11(9-17(23-2)18(16)24-3)4-7-15(21)12-5-6-13(19)14(20)10-12/h4-10H,1-3H3/b7-4+. The third kappa shape index (κ3) is 4.02. The van der Waals surface area contributed by atoms with Crippen molar-refractivity contribution >= 4 is 35.1 Å². The van der Waals surface area contributed by atoms with Gasteiger partial charge in [-0.25, -0.2) is 0 Å². The van der Waals surface area contributed by atoms with E-state index in [4.69, 9.17) is 37.4 Å². The van der Waals surface area contributed by atoms with Crippen molar-refractivity contribution in [2.45, 2.75) is 0 Å².